The molecule has 0 bridgehead atoms. The van der Waals surface area contributed by atoms with Crippen LogP contribution >= 0.6 is 0 Å². The molecule has 92 valence electrons. The van der Waals surface area contributed by atoms with E-state index in [0.29, 0.717) is 16.2 Å². The summed E-state index contributed by atoms with van der Waals surface area (Å²) in [4.78, 5) is 0. The van der Waals surface area contributed by atoms with Crippen LogP contribution in [0, 0.1) is 22.2 Å². The maximum Gasteiger partial charge on any atom is -0.0305 e. The summed E-state index contributed by atoms with van der Waals surface area (Å²) in [5.74, 6) is 0.805. The van der Waals surface area contributed by atoms with E-state index in [-0.39, 0.29) is 0 Å². The zero-order valence-electron chi connectivity index (χ0n) is 12.5. The molecule has 15 heavy (non-hydrogen) atoms. The Hall–Kier alpha value is 0. The molecule has 0 N–H and O–H groups in total. The number of rotatable bonds is 3. The van der Waals surface area contributed by atoms with Crippen molar-refractivity contribution < 1.29 is 0 Å². The zero-order valence-corrected chi connectivity index (χ0v) is 12.5. The average Bonchev–Trinajstić information content (AvgIpc) is 1.96. The molecular formula is C15H32. The van der Waals surface area contributed by atoms with Gasteiger partial charge in [-0.1, -0.05) is 62.3 Å². The zero-order chi connectivity index (χ0) is 12.5. The number of hydrogen-bond acceptors (Lipinski definition) is 0. The average molecular weight is 212 g/mol. The topological polar surface area (TPSA) is 0 Å². The van der Waals surface area contributed by atoms with Gasteiger partial charge in [-0.15, -0.1) is 0 Å². The molecule has 0 aliphatic carbocycles. The highest BCUT2D eigenvalue weighted by Gasteiger charge is 2.33. The first-order valence-corrected chi connectivity index (χ1v) is 6.38. The van der Waals surface area contributed by atoms with E-state index < -0.39 is 0 Å². The van der Waals surface area contributed by atoms with Crippen molar-refractivity contribution in [2.45, 2.75) is 75.2 Å². The Labute approximate surface area is 97.8 Å². The van der Waals surface area contributed by atoms with Crippen molar-refractivity contribution in [3.05, 3.63) is 0 Å². The van der Waals surface area contributed by atoms with Crippen molar-refractivity contribution in [2.24, 2.45) is 22.2 Å². The molecule has 0 aliphatic rings. The Morgan fingerprint density at radius 3 is 1.47 bits per heavy atom. The van der Waals surface area contributed by atoms with Crippen LogP contribution in [0.5, 0.6) is 0 Å². The minimum atomic E-state index is 0.407. The smallest absolute Gasteiger partial charge is 0.0305 e. The van der Waals surface area contributed by atoms with Gasteiger partial charge in [0.25, 0.3) is 0 Å². The van der Waals surface area contributed by atoms with E-state index in [0.717, 1.165) is 5.92 Å². The van der Waals surface area contributed by atoms with Gasteiger partial charge < -0.3 is 0 Å². The highest BCUT2D eigenvalue weighted by molar-refractivity contribution is 4.83. The molecule has 0 amide bonds. The first-order chi connectivity index (χ1) is 6.38. The normalized spacial score (nSPS) is 16.6. The summed E-state index contributed by atoms with van der Waals surface area (Å²) >= 11 is 0. The molecule has 0 saturated heterocycles. The fourth-order valence-electron chi connectivity index (χ4n) is 1.39. The van der Waals surface area contributed by atoms with E-state index in [2.05, 4.69) is 62.3 Å². The molecule has 0 heterocycles. The van der Waals surface area contributed by atoms with Crippen molar-refractivity contribution in [1.29, 1.82) is 0 Å². The fraction of sp³-hybridized carbons (Fsp3) is 1.00. The van der Waals surface area contributed by atoms with Gasteiger partial charge in [-0.25, -0.2) is 0 Å². The van der Waals surface area contributed by atoms with E-state index in [4.69, 9.17) is 0 Å². The second-order valence-electron chi connectivity index (χ2n) is 7.94. The third kappa shape index (κ3) is 4.57. The Morgan fingerprint density at radius 1 is 0.800 bits per heavy atom. The van der Waals surface area contributed by atoms with Crippen LogP contribution in [0.2, 0.25) is 0 Å². The summed E-state index contributed by atoms with van der Waals surface area (Å²) in [6.07, 6.45) is 2.67. The molecular weight excluding hydrogens is 180 g/mol. The van der Waals surface area contributed by atoms with E-state index in [1.165, 1.54) is 12.8 Å². The minimum absolute atomic E-state index is 0.407. The Balaban J connectivity index is 4.29. The summed E-state index contributed by atoms with van der Waals surface area (Å²) in [5.41, 5.74) is 1.30. The molecule has 0 fully saturated rings. The standard InChI is InChI=1S/C15H32/c1-12(13(2,3)4)10-11-15(8,9)14(5,6)7/h12H,10-11H2,1-9H3. The second kappa shape index (κ2) is 4.47. The molecule has 1 atom stereocenters. The SMILES string of the molecule is CC(CCC(C)(C)C(C)(C)C)C(C)(C)C. The molecule has 0 nitrogen and oxygen atoms in total. The molecule has 0 aromatic rings. The Kier molecular flexibility index (Phi) is 4.47. The van der Waals surface area contributed by atoms with E-state index in [9.17, 15) is 0 Å². The lowest BCUT2D eigenvalue weighted by atomic mass is 9.65. The van der Waals surface area contributed by atoms with E-state index in [1.54, 1.807) is 0 Å². The highest BCUT2D eigenvalue weighted by atomic mass is 14.4. The monoisotopic (exact) mass is 212 g/mol. The molecule has 0 heteroatoms. The van der Waals surface area contributed by atoms with Gasteiger partial charge >= 0.3 is 0 Å². The fourth-order valence-corrected chi connectivity index (χ4v) is 1.39. The van der Waals surface area contributed by atoms with Crippen LogP contribution in [0.3, 0.4) is 0 Å². The third-order valence-corrected chi connectivity index (χ3v) is 4.71. The summed E-state index contributed by atoms with van der Waals surface area (Å²) in [6.45, 7) is 21.3. The van der Waals surface area contributed by atoms with Gasteiger partial charge in [0, 0.05) is 0 Å². The molecule has 0 aromatic heterocycles. The maximum absolute atomic E-state index is 2.41. The summed E-state index contributed by atoms with van der Waals surface area (Å²) in [6, 6.07) is 0. The van der Waals surface area contributed by atoms with Crippen molar-refractivity contribution in [1.82, 2.24) is 0 Å². The minimum Gasteiger partial charge on any atom is -0.0620 e. The molecule has 0 aromatic carbocycles. The van der Waals surface area contributed by atoms with Crippen LogP contribution in [0.25, 0.3) is 0 Å². The maximum atomic E-state index is 2.41. The Bertz CT molecular complexity index is 185. The highest BCUT2D eigenvalue weighted by Crippen LogP contribution is 2.43. The number of hydrogen-bond donors (Lipinski definition) is 0. The van der Waals surface area contributed by atoms with Gasteiger partial charge in [-0.2, -0.15) is 0 Å². The molecule has 0 radical (unpaired) electrons. The van der Waals surface area contributed by atoms with E-state index >= 15 is 0 Å². The van der Waals surface area contributed by atoms with Gasteiger partial charge in [0.15, 0.2) is 0 Å². The third-order valence-electron chi connectivity index (χ3n) is 4.71. The molecule has 0 saturated carbocycles. The Morgan fingerprint density at radius 2 is 1.20 bits per heavy atom. The summed E-state index contributed by atoms with van der Waals surface area (Å²) in [5, 5.41) is 0. The quantitative estimate of drug-likeness (QED) is 0.577. The molecule has 0 rings (SSSR count). The lowest BCUT2D eigenvalue weighted by Crippen LogP contribution is -2.31. The van der Waals surface area contributed by atoms with Crippen molar-refractivity contribution in [3.8, 4) is 0 Å². The lowest BCUT2D eigenvalue weighted by Gasteiger charge is -2.41. The van der Waals surface area contributed by atoms with Crippen LogP contribution in [0.4, 0.5) is 0 Å². The molecule has 0 spiro atoms. The van der Waals surface area contributed by atoms with Gasteiger partial charge in [-0.3, -0.25) is 0 Å². The predicted octanol–water partition coefficient (Wildman–Crippen LogP) is 5.52. The largest absolute Gasteiger partial charge is 0.0620 e. The van der Waals surface area contributed by atoms with Gasteiger partial charge in [-0.05, 0) is 35.0 Å². The molecule has 1 unspecified atom stereocenters. The van der Waals surface area contributed by atoms with E-state index in [1.807, 2.05) is 0 Å². The van der Waals surface area contributed by atoms with Crippen molar-refractivity contribution >= 4 is 0 Å². The van der Waals surface area contributed by atoms with Crippen molar-refractivity contribution in [3.63, 3.8) is 0 Å². The summed E-state index contributed by atoms with van der Waals surface area (Å²) < 4.78 is 0. The van der Waals surface area contributed by atoms with Crippen LogP contribution < -0.4 is 0 Å². The van der Waals surface area contributed by atoms with Crippen LogP contribution in [-0.2, 0) is 0 Å². The second-order valence-corrected chi connectivity index (χ2v) is 7.94. The van der Waals surface area contributed by atoms with Gasteiger partial charge in [0.2, 0.25) is 0 Å². The lowest BCUT2D eigenvalue weighted by molar-refractivity contribution is 0.0975. The van der Waals surface area contributed by atoms with Gasteiger partial charge in [0.1, 0.15) is 0 Å². The van der Waals surface area contributed by atoms with Gasteiger partial charge in [0.05, 0.1) is 0 Å². The first-order valence-electron chi connectivity index (χ1n) is 6.38. The van der Waals surface area contributed by atoms with Crippen LogP contribution in [0.15, 0.2) is 0 Å². The molecule has 0 aliphatic heterocycles. The summed E-state index contributed by atoms with van der Waals surface area (Å²) in [7, 11) is 0. The van der Waals surface area contributed by atoms with Crippen molar-refractivity contribution in [2.75, 3.05) is 0 Å². The van der Waals surface area contributed by atoms with Crippen LogP contribution in [0.1, 0.15) is 75.2 Å². The predicted molar refractivity (Wildman–Crippen MR) is 71.1 cm³/mol. The first kappa shape index (κ1) is 15.0. The van der Waals surface area contributed by atoms with Crippen LogP contribution in [-0.4, -0.2) is 0 Å².